The minimum Gasteiger partial charge on any atom is -0.479 e. The smallest absolute Gasteiger partial charge is 0.261 e. The lowest BCUT2D eigenvalue weighted by Gasteiger charge is -2.45. The van der Waals surface area contributed by atoms with E-state index in [-0.39, 0.29) is 30.4 Å². The maximum atomic E-state index is 12.6. The largest absolute Gasteiger partial charge is 0.479 e. The van der Waals surface area contributed by atoms with Gasteiger partial charge in [-0.3, -0.25) is 4.79 Å². The first kappa shape index (κ1) is 20.6. The van der Waals surface area contributed by atoms with Crippen molar-refractivity contribution in [3.05, 3.63) is 28.2 Å². The van der Waals surface area contributed by atoms with Crippen molar-refractivity contribution >= 4 is 41.5 Å². The van der Waals surface area contributed by atoms with Crippen LogP contribution in [-0.4, -0.2) is 24.1 Å². The van der Waals surface area contributed by atoms with Crippen molar-refractivity contribution in [3.63, 3.8) is 0 Å². The average Bonchev–Trinajstić information content (AvgIpc) is 2.52. The average molecular weight is 408 g/mol. The lowest BCUT2D eigenvalue weighted by atomic mass is 9.67. The van der Waals surface area contributed by atoms with Crippen LogP contribution in [0.1, 0.15) is 39.0 Å². The fraction of sp³-hybridized carbons (Fsp3) is 0.611. The van der Waals surface area contributed by atoms with Gasteiger partial charge in [-0.1, -0.05) is 35.7 Å². The highest BCUT2D eigenvalue weighted by molar-refractivity contribution is 6.42. The van der Waals surface area contributed by atoms with Gasteiger partial charge in [0.1, 0.15) is 10.8 Å². The standard InChI is InChI=1S/C18H24Cl2N2O2.ClH/c1-10(24-15-7-3-6-14(19)16(15)20)18(23)22-17-11-4-2-5-12(17)9-13(21)8-11;/h3,6-7,10-13,17H,2,4-5,8-9,21H2,1H3,(H,22,23);1H. The molecule has 2 saturated carbocycles. The zero-order chi connectivity index (χ0) is 17.3. The second-order valence-corrected chi connectivity index (χ2v) is 7.81. The van der Waals surface area contributed by atoms with Crippen molar-refractivity contribution in [2.45, 2.75) is 57.2 Å². The number of hydrogen-bond acceptors (Lipinski definition) is 3. The quantitative estimate of drug-likeness (QED) is 0.786. The molecule has 0 aromatic heterocycles. The van der Waals surface area contributed by atoms with E-state index in [4.69, 9.17) is 33.7 Å². The lowest BCUT2D eigenvalue weighted by Crippen LogP contribution is -2.55. The van der Waals surface area contributed by atoms with E-state index in [1.54, 1.807) is 25.1 Å². The molecule has 1 aromatic rings. The van der Waals surface area contributed by atoms with Crippen LogP contribution in [0.3, 0.4) is 0 Å². The second-order valence-electron chi connectivity index (χ2n) is 7.03. The van der Waals surface area contributed by atoms with Gasteiger partial charge in [0.25, 0.3) is 5.91 Å². The summed E-state index contributed by atoms with van der Waals surface area (Å²) in [5.74, 6) is 1.29. The summed E-state index contributed by atoms with van der Waals surface area (Å²) in [6, 6.07) is 5.64. The maximum Gasteiger partial charge on any atom is 0.261 e. The number of fused-ring (bicyclic) bond motifs is 2. The van der Waals surface area contributed by atoms with E-state index in [1.807, 2.05) is 0 Å². The van der Waals surface area contributed by atoms with Crippen molar-refractivity contribution < 1.29 is 9.53 Å². The Morgan fingerprint density at radius 1 is 1.28 bits per heavy atom. The third-order valence-corrected chi connectivity index (χ3v) is 6.08. The molecule has 3 N–H and O–H groups in total. The number of amides is 1. The van der Waals surface area contributed by atoms with Crippen molar-refractivity contribution in [2.75, 3.05) is 0 Å². The number of ether oxygens (including phenoxy) is 1. The van der Waals surface area contributed by atoms with Crippen LogP contribution in [0.5, 0.6) is 5.75 Å². The van der Waals surface area contributed by atoms with Crippen LogP contribution in [0.4, 0.5) is 0 Å². The summed E-state index contributed by atoms with van der Waals surface area (Å²) in [6.45, 7) is 1.73. The molecular formula is C18H25Cl3N2O2. The third kappa shape index (κ3) is 4.73. The number of nitrogens with two attached hydrogens (primary N) is 1. The van der Waals surface area contributed by atoms with E-state index < -0.39 is 6.10 Å². The Morgan fingerprint density at radius 2 is 1.92 bits per heavy atom. The first-order valence-electron chi connectivity index (χ1n) is 8.62. The summed E-state index contributed by atoms with van der Waals surface area (Å²) in [6.07, 6.45) is 4.89. The number of rotatable bonds is 4. The summed E-state index contributed by atoms with van der Waals surface area (Å²) < 4.78 is 5.72. The fourth-order valence-electron chi connectivity index (χ4n) is 4.13. The summed E-state index contributed by atoms with van der Waals surface area (Å²) in [4.78, 5) is 12.6. The van der Waals surface area contributed by atoms with E-state index in [0.29, 0.717) is 27.6 Å². The number of carbonyl (C=O) groups excluding carboxylic acids is 1. The maximum absolute atomic E-state index is 12.6. The number of carbonyl (C=O) groups is 1. The van der Waals surface area contributed by atoms with E-state index in [1.165, 1.54) is 6.42 Å². The molecular weight excluding hydrogens is 383 g/mol. The number of nitrogens with one attached hydrogen (secondary N) is 1. The zero-order valence-corrected chi connectivity index (χ0v) is 16.5. The second kappa shape index (κ2) is 8.81. The van der Waals surface area contributed by atoms with Crippen molar-refractivity contribution in [2.24, 2.45) is 17.6 Å². The van der Waals surface area contributed by atoms with Gasteiger partial charge < -0.3 is 15.8 Å². The highest BCUT2D eigenvalue weighted by Gasteiger charge is 2.40. The monoisotopic (exact) mass is 406 g/mol. The Morgan fingerprint density at radius 3 is 2.56 bits per heavy atom. The van der Waals surface area contributed by atoms with Gasteiger partial charge in [0.2, 0.25) is 0 Å². The van der Waals surface area contributed by atoms with Crippen LogP contribution in [0, 0.1) is 11.8 Å². The highest BCUT2D eigenvalue weighted by Crippen LogP contribution is 2.39. The molecule has 0 saturated heterocycles. The molecule has 3 rings (SSSR count). The van der Waals surface area contributed by atoms with E-state index in [2.05, 4.69) is 5.32 Å². The molecule has 1 aromatic carbocycles. The molecule has 7 heteroatoms. The molecule has 0 aliphatic heterocycles. The molecule has 0 spiro atoms. The van der Waals surface area contributed by atoms with Gasteiger partial charge in [-0.05, 0) is 56.6 Å². The van der Waals surface area contributed by atoms with Gasteiger partial charge in [0.05, 0.1) is 5.02 Å². The van der Waals surface area contributed by atoms with Crippen LogP contribution in [0.15, 0.2) is 18.2 Å². The minimum absolute atomic E-state index is 0. The third-order valence-electron chi connectivity index (χ3n) is 5.27. The summed E-state index contributed by atoms with van der Waals surface area (Å²) in [7, 11) is 0. The Bertz CT molecular complexity index is 600. The summed E-state index contributed by atoms with van der Waals surface area (Å²) in [5, 5.41) is 3.95. The van der Waals surface area contributed by atoms with Gasteiger partial charge in [0.15, 0.2) is 6.10 Å². The van der Waals surface area contributed by atoms with Gasteiger partial charge in [-0.2, -0.15) is 0 Å². The van der Waals surface area contributed by atoms with Gasteiger partial charge in [-0.15, -0.1) is 12.4 Å². The molecule has 3 atom stereocenters. The van der Waals surface area contributed by atoms with Gasteiger partial charge >= 0.3 is 0 Å². The zero-order valence-electron chi connectivity index (χ0n) is 14.2. The van der Waals surface area contributed by atoms with Crippen LogP contribution in [0.25, 0.3) is 0 Å². The summed E-state index contributed by atoms with van der Waals surface area (Å²) >= 11 is 12.1. The highest BCUT2D eigenvalue weighted by atomic mass is 35.5. The molecule has 0 radical (unpaired) electrons. The Hall–Kier alpha value is -0.680. The molecule has 1 amide bonds. The number of halogens is 3. The molecule has 4 nitrogen and oxygen atoms in total. The predicted molar refractivity (Wildman–Crippen MR) is 104 cm³/mol. The van der Waals surface area contributed by atoms with Crippen molar-refractivity contribution in [1.82, 2.24) is 5.32 Å². The van der Waals surface area contributed by atoms with Gasteiger partial charge in [-0.25, -0.2) is 0 Å². The summed E-state index contributed by atoms with van der Waals surface area (Å²) in [5.41, 5.74) is 6.15. The lowest BCUT2D eigenvalue weighted by molar-refractivity contribution is -0.129. The predicted octanol–water partition coefficient (Wildman–Crippen LogP) is 4.20. The minimum atomic E-state index is -0.628. The number of hydrogen-bond donors (Lipinski definition) is 2. The van der Waals surface area contributed by atoms with E-state index in [0.717, 1.165) is 25.7 Å². The first-order chi connectivity index (χ1) is 11.5. The van der Waals surface area contributed by atoms with E-state index >= 15 is 0 Å². The van der Waals surface area contributed by atoms with E-state index in [9.17, 15) is 4.79 Å². The van der Waals surface area contributed by atoms with Crippen molar-refractivity contribution in [1.29, 1.82) is 0 Å². The molecule has 2 aliphatic carbocycles. The Kier molecular flexibility index (Phi) is 7.27. The first-order valence-corrected chi connectivity index (χ1v) is 9.38. The Balaban J connectivity index is 0.00000225. The Labute approximate surface area is 165 Å². The molecule has 140 valence electrons. The SMILES string of the molecule is CC(Oc1cccc(Cl)c1Cl)C(=O)NC1C2CCCC1CC(N)C2.Cl. The molecule has 3 unspecified atom stereocenters. The van der Waals surface area contributed by atoms with Crippen LogP contribution in [-0.2, 0) is 4.79 Å². The van der Waals surface area contributed by atoms with Crippen LogP contribution >= 0.6 is 35.6 Å². The number of benzene rings is 1. The van der Waals surface area contributed by atoms with Crippen molar-refractivity contribution in [3.8, 4) is 5.75 Å². The molecule has 0 heterocycles. The van der Waals surface area contributed by atoms with Crippen LogP contribution < -0.4 is 15.8 Å². The van der Waals surface area contributed by atoms with Gasteiger partial charge in [0, 0.05) is 12.1 Å². The molecule has 2 fully saturated rings. The van der Waals surface area contributed by atoms with Crippen LogP contribution in [0.2, 0.25) is 10.0 Å². The molecule has 2 aliphatic rings. The molecule has 2 bridgehead atoms. The fourth-order valence-corrected chi connectivity index (χ4v) is 4.46. The normalized spacial score (nSPS) is 29.3. The topological polar surface area (TPSA) is 64.3 Å². The molecule has 25 heavy (non-hydrogen) atoms.